The van der Waals surface area contributed by atoms with E-state index < -0.39 is 0 Å². The molecule has 1 aliphatic carbocycles. The first-order valence-corrected chi connectivity index (χ1v) is 5.10. The third kappa shape index (κ3) is 1.40. The highest BCUT2D eigenvalue weighted by Gasteiger charge is 2.28. The highest BCUT2D eigenvalue weighted by atomic mass is 16.5. The lowest BCUT2D eigenvalue weighted by Gasteiger charge is -2.15. The van der Waals surface area contributed by atoms with Gasteiger partial charge < -0.3 is 10.1 Å². The van der Waals surface area contributed by atoms with Crippen molar-refractivity contribution in [2.24, 2.45) is 5.92 Å². The molecule has 0 aromatic heterocycles. The van der Waals surface area contributed by atoms with E-state index in [1.807, 2.05) is 13.1 Å². The molecule has 1 aromatic carbocycles. The van der Waals surface area contributed by atoms with Crippen LogP contribution in [0, 0.1) is 5.92 Å². The molecule has 0 amide bonds. The first-order chi connectivity index (χ1) is 6.76. The van der Waals surface area contributed by atoms with Crippen LogP contribution in [0.5, 0.6) is 5.75 Å². The van der Waals surface area contributed by atoms with Crippen LogP contribution in [0.15, 0.2) is 18.2 Å². The van der Waals surface area contributed by atoms with Crippen molar-refractivity contribution in [1.29, 1.82) is 0 Å². The van der Waals surface area contributed by atoms with E-state index in [0.29, 0.717) is 12.0 Å². The molecule has 1 aliphatic rings. The molecule has 0 aliphatic heterocycles. The lowest BCUT2D eigenvalue weighted by atomic mass is 10.0. The van der Waals surface area contributed by atoms with Gasteiger partial charge in [0.25, 0.3) is 0 Å². The summed E-state index contributed by atoms with van der Waals surface area (Å²) >= 11 is 0. The topological polar surface area (TPSA) is 21.3 Å². The average Bonchev–Trinajstić information content (AvgIpc) is 2.52. The smallest absolute Gasteiger partial charge is 0.119 e. The van der Waals surface area contributed by atoms with Crippen LogP contribution in [0.2, 0.25) is 0 Å². The van der Waals surface area contributed by atoms with Crippen LogP contribution in [0.4, 0.5) is 0 Å². The highest BCUT2D eigenvalue weighted by molar-refractivity contribution is 5.41. The molecule has 0 radical (unpaired) electrons. The van der Waals surface area contributed by atoms with Gasteiger partial charge in [-0.25, -0.2) is 0 Å². The third-order valence-corrected chi connectivity index (χ3v) is 3.11. The van der Waals surface area contributed by atoms with Crippen LogP contribution in [-0.4, -0.2) is 14.2 Å². The Morgan fingerprint density at radius 3 is 2.86 bits per heavy atom. The molecule has 2 heteroatoms. The number of rotatable bonds is 2. The second-order valence-electron chi connectivity index (χ2n) is 4.01. The molecule has 0 saturated carbocycles. The summed E-state index contributed by atoms with van der Waals surface area (Å²) in [4.78, 5) is 0. The van der Waals surface area contributed by atoms with E-state index in [4.69, 9.17) is 4.74 Å². The second kappa shape index (κ2) is 3.62. The van der Waals surface area contributed by atoms with Gasteiger partial charge in [-0.15, -0.1) is 0 Å². The Hall–Kier alpha value is -1.02. The molecule has 14 heavy (non-hydrogen) atoms. The molecule has 0 spiro atoms. The first-order valence-electron chi connectivity index (χ1n) is 5.10. The van der Waals surface area contributed by atoms with Gasteiger partial charge in [0.1, 0.15) is 5.75 Å². The van der Waals surface area contributed by atoms with E-state index in [9.17, 15) is 0 Å². The number of hydrogen-bond donors (Lipinski definition) is 1. The molecular weight excluding hydrogens is 174 g/mol. The van der Waals surface area contributed by atoms with Crippen molar-refractivity contribution < 1.29 is 4.74 Å². The van der Waals surface area contributed by atoms with Gasteiger partial charge in [0, 0.05) is 6.04 Å². The summed E-state index contributed by atoms with van der Waals surface area (Å²) in [5, 5.41) is 3.37. The van der Waals surface area contributed by atoms with Crippen LogP contribution < -0.4 is 10.1 Å². The molecular formula is C12H17NO. The van der Waals surface area contributed by atoms with Crippen molar-refractivity contribution in [3.8, 4) is 5.75 Å². The molecule has 76 valence electrons. The summed E-state index contributed by atoms with van der Waals surface area (Å²) in [5.74, 6) is 1.64. The minimum Gasteiger partial charge on any atom is -0.497 e. The highest BCUT2D eigenvalue weighted by Crippen LogP contribution is 2.37. The number of fused-ring (bicyclic) bond motifs is 1. The predicted molar refractivity (Wildman–Crippen MR) is 57.7 cm³/mol. The zero-order valence-electron chi connectivity index (χ0n) is 9.00. The van der Waals surface area contributed by atoms with Crippen molar-refractivity contribution in [1.82, 2.24) is 5.32 Å². The van der Waals surface area contributed by atoms with Crippen molar-refractivity contribution in [3.63, 3.8) is 0 Å². The number of hydrogen-bond acceptors (Lipinski definition) is 2. The van der Waals surface area contributed by atoms with Crippen molar-refractivity contribution in [2.45, 2.75) is 19.4 Å². The Kier molecular flexibility index (Phi) is 2.46. The quantitative estimate of drug-likeness (QED) is 0.773. The summed E-state index contributed by atoms with van der Waals surface area (Å²) in [6, 6.07) is 6.87. The minimum absolute atomic E-state index is 0.486. The lowest BCUT2D eigenvalue weighted by molar-refractivity contribution is 0.411. The SMILES string of the molecule is CNC1c2cc(OC)ccc2CC1C. The summed E-state index contributed by atoms with van der Waals surface area (Å²) < 4.78 is 5.24. The number of ether oxygens (including phenoxy) is 1. The van der Waals surface area contributed by atoms with E-state index in [0.717, 1.165) is 5.75 Å². The van der Waals surface area contributed by atoms with Crippen LogP contribution in [0.3, 0.4) is 0 Å². The average molecular weight is 191 g/mol. The Balaban J connectivity index is 2.39. The summed E-state index contributed by atoms with van der Waals surface area (Å²) in [5.41, 5.74) is 2.86. The maximum atomic E-state index is 5.24. The molecule has 2 rings (SSSR count). The zero-order chi connectivity index (χ0) is 10.1. The Bertz CT molecular complexity index is 335. The Labute approximate surface area is 85.3 Å². The summed E-state index contributed by atoms with van der Waals surface area (Å²) in [6.45, 7) is 2.29. The van der Waals surface area contributed by atoms with E-state index in [2.05, 4.69) is 24.4 Å². The van der Waals surface area contributed by atoms with Gasteiger partial charge in [-0.05, 0) is 42.6 Å². The van der Waals surface area contributed by atoms with Crippen molar-refractivity contribution >= 4 is 0 Å². The van der Waals surface area contributed by atoms with Crippen LogP contribution in [0.1, 0.15) is 24.1 Å². The third-order valence-electron chi connectivity index (χ3n) is 3.11. The largest absolute Gasteiger partial charge is 0.497 e. The van der Waals surface area contributed by atoms with Gasteiger partial charge in [-0.1, -0.05) is 13.0 Å². The molecule has 2 nitrogen and oxygen atoms in total. The standard InChI is InChI=1S/C12H17NO/c1-8-6-9-4-5-10(14-3)7-11(9)12(8)13-2/h4-5,7-8,12-13H,6H2,1-3H3. The van der Waals surface area contributed by atoms with Gasteiger partial charge in [0.2, 0.25) is 0 Å². The molecule has 2 atom stereocenters. The Morgan fingerprint density at radius 2 is 2.21 bits per heavy atom. The number of methoxy groups -OCH3 is 1. The van der Waals surface area contributed by atoms with Gasteiger partial charge >= 0.3 is 0 Å². The number of benzene rings is 1. The van der Waals surface area contributed by atoms with Gasteiger partial charge in [0.05, 0.1) is 7.11 Å². The molecule has 1 N–H and O–H groups in total. The molecule has 0 saturated heterocycles. The van der Waals surface area contributed by atoms with Crippen molar-refractivity contribution in [2.75, 3.05) is 14.2 Å². The van der Waals surface area contributed by atoms with Gasteiger partial charge in [-0.3, -0.25) is 0 Å². The van der Waals surface area contributed by atoms with Crippen molar-refractivity contribution in [3.05, 3.63) is 29.3 Å². The summed E-state index contributed by atoms with van der Waals surface area (Å²) in [6.07, 6.45) is 1.17. The molecule has 2 unspecified atom stereocenters. The maximum Gasteiger partial charge on any atom is 0.119 e. The van der Waals surface area contributed by atoms with E-state index >= 15 is 0 Å². The fourth-order valence-corrected chi connectivity index (χ4v) is 2.39. The molecule has 0 heterocycles. The van der Waals surface area contributed by atoms with Crippen LogP contribution in [-0.2, 0) is 6.42 Å². The predicted octanol–water partition coefficient (Wildman–Crippen LogP) is 2.15. The van der Waals surface area contributed by atoms with E-state index in [1.54, 1.807) is 7.11 Å². The number of nitrogens with one attached hydrogen (secondary N) is 1. The van der Waals surface area contributed by atoms with Gasteiger partial charge in [0.15, 0.2) is 0 Å². The molecule has 0 fully saturated rings. The fourth-order valence-electron chi connectivity index (χ4n) is 2.39. The second-order valence-corrected chi connectivity index (χ2v) is 4.01. The molecule has 0 bridgehead atoms. The Morgan fingerprint density at radius 1 is 1.43 bits per heavy atom. The monoisotopic (exact) mass is 191 g/mol. The van der Waals surface area contributed by atoms with E-state index in [-0.39, 0.29) is 0 Å². The van der Waals surface area contributed by atoms with E-state index in [1.165, 1.54) is 17.5 Å². The minimum atomic E-state index is 0.486. The first kappa shape index (κ1) is 9.53. The molecule has 1 aromatic rings. The maximum absolute atomic E-state index is 5.24. The van der Waals surface area contributed by atoms with Crippen LogP contribution in [0.25, 0.3) is 0 Å². The normalized spacial score (nSPS) is 24.8. The zero-order valence-corrected chi connectivity index (χ0v) is 9.00. The lowest BCUT2D eigenvalue weighted by Crippen LogP contribution is -2.19. The van der Waals surface area contributed by atoms with Crippen LogP contribution >= 0.6 is 0 Å². The fraction of sp³-hybridized carbons (Fsp3) is 0.500. The van der Waals surface area contributed by atoms with Gasteiger partial charge in [-0.2, -0.15) is 0 Å². The summed E-state index contributed by atoms with van der Waals surface area (Å²) in [7, 11) is 3.74.